The molecule has 1 aliphatic rings. The zero-order valence-electron chi connectivity index (χ0n) is 15.2. The number of ether oxygens (including phenoxy) is 1. The minimum Gasteiger partial charge on any atom is -0.495 e. The highest BCUT2D eigenvalue weighted by Gasteiger charge is 2.33. The third-order valence-electron chi connectivity index (χ3n) is 4.39. The Morgan fingerprint density at radius 2 is 1.82 bits per heavy atom. The Balaban J connectivity index is 1.50. The van der Waals surface area contributed by atoms with Crippen LogP contribution in [0.4, 0.5) is 24.7 Å². The maximum Gasteiger partial charge on any atom is 0.435 e. The molecule has 0 saturated carbocycles. The van der Waals surface area contributed by atoms with Crippen molar-refractivity contribution < 1.29 is 22.7 Å². The Hall–Kier alpha value is -2.88. The monoisotopic (exact) mass is 395 g/mol. The van der Waals surface area contributed by atoms with Crippen LogP contribution < -0.4 is 15.0 Å². The standard InChI is InChI=1S/C18H20F3N5O2/c1-28-14-5-3-2-4-13(14)22-17(27)12-25-8-10-26(11-9-25)16-7-6-15(23-24-16)18(19,20)21/h2-7H,8-12H2,1H3,(H,22,27). The van der Waals surface area contributed by atoms with Crippen molar-refractivity contribution in [2.24, 2.45) is 0 Å². The van der Waals surface area contributed by atoms with Crippen LogP contribution in [0.2, 0.25) is 0 Å². The normalized spacial score (nSPS) is 15.4. The van der Waals surface area contributed by atoms with Gasteiger partial charge in [0.25, 0.3) is 0 Å². The Bertz CT molecular complexity index is 806. The van der Waals surface area contributed by atoms with E-state index in [1.54, 1.807) is 12.1 Å². The topological polar surface area (TPSA) is 70.6 Å². The van der Waals surface area contributed by atoms with E-state index in [1.807, 2.05) is 21.9 Å². The highest BCUT2D eigenvalue weighted by atomic mass is 19.4. The van der Waals surface area contributed by atoms with Gasteiger partial charge in [-0.25, -0.2) is 0 Å². The van der Waals surface area contributed by atoms with E-state index >= 15 is 0 Å². The second-order valence-electron chi connectivity index (χ2n) is 6.29. The second kappa shape index (κ2) is 8.42. The van der Waals surface area contributed by atoms with E-state index in [0.29, 0.717) is 43.4 Å². The highest BCUT2D eigenvalue weighted by Crippen LogP contribution is 2.27. The molecule has 0 aliphatic carbocycles. The molecule has 0 bridgehead atoms. The smallest absolute Gasteiger partial charge is 0.435 e. The molecule has 0 atom stereocenters. The lowest BCUT2D eigenvalue weighted by atomic mass is 10.2. The predicted molar refractivity (Wildman–Crippen MR) is 97.3 cm³/mol. The Labute approximate surface area is 160 Å². The number of alkyl halides is 3. The van der Waals surface area contributed by atoms with Crippen LogP contribution in [0, 0.1) is 0 Å². The molecular weight excluding hydrogens is 375 g/mol. The molecule has 0 radical (unpaired) electrons. The summed E-state index contributed by atoms with van der Waals surface area (Å²) in [5.74, 6) is 0.819. The van der Waals surface area contributed by atoms with Gasteiger partial charge in [0.2, 0.25) is 5.91 Å². The number of halogens is 3. The molecule has 150 valence electrons. The maximum atomic E-state index is 12.6. The first kappa shape index (κ1) is 19.9. The summed E-state index contributed by atoms with van der Waals surface area (Å²) in [6.07, 6.45) is -4.50. The minimum absolute atomic E-state index is 0.160. The Morgan fingerprint density at radius 3 is 2.43 bits per heavy atom. The summed E-state index contributed by atoms with van der Waals surface area (Å²) in [5.41, 5.74) is -0.406. The van der Waals surface area contributed by atoms with Crippen LogP contribution in [-0.2, 0) is 11.0 Å². The lowest BCUT2D eigenvalue weighted by Crippen LogP contribution is -2.49. The first-order valence-electron chi connectivity index (χ1n) is 8.68. The molecule has 1 saturated heterocycles. The number of aromatic nitrogens is 2. The van der Waals surface area contributed by atoms with Crippen molar-refractivity contribution in [3.8, 4) is 5.75 Å². The zero-order valence-corrected chi connectivity index (χ0v) is 15.2. The van der Waals surface area contributed by atoms with Gasteiger partial charge in [0.05, 0.1) is 19.3 Å². The molecule has 1 aromatic heterocycles. The van der Waals surface area contributed by atoms with Crippen molar-refractivity contribution in [2.75, 3.05) is 50.1 Å². The fourth-order valence-electron chi connectivity index (χ4n) is 2.92. The lowest BCUT2D eigenvalue weighted by molar-refractivity contribution is -0.141. The molecule has 1 amide bonds. The van der Waals surface area contributed by atoms with Gasteiger partial charge in [0, 0.05) is 26.2 Å². The molecule has 2 heterocycles. The first-order valence-corrected chi connectivity index (χ1v) is 8.68. The molecular formula is C18H20F3N5O2. The van der Waals surface area contributed by atoms with Crippen molar-refractivity contribution in [2.45, 2.75) is 6.18 Å². The zero-order chi connectivity index (χ0) is 20.1. The molecule has 28 heavy (non-hydrogen) atoms. The highest BCUT2D eigenvalue weighted by molar-refractivity contribution is 5.93. The number of nitrogens with one attached hydrogen (secondary N) is 1. The van der Waals surface area contributed by atoms with Gasteiger partial charge in [0.15, 0.2) is 11.5 Å². The van der Waals surface area contributed by atoms with E-state index in [0.717, 1.165) is 6.07 Å². The second-order valence-corrected chi connectivity index (χ2v) is 6.29. The number of methoxy groups -OCH3 is 1. The summed E-state index contributed by atoms with van der Waals surface area (Å²) < 4.78 is 42.9. The molecule has 3 rings (SSSR count). The van der Waals surface area contributed by atoms with E-state index in [9.17, 15) is 18.0 Å². The van der Waals surface area contributed by atoms with Crippen LogP contribution in [0.25, 0.3) is 0 Å². The number of piperazine rings is 1. The lowest BCUT2D eigenvalue weighted by Gasteiger charge is -2.34. The number of para-hydroxylation sites is 2. The van der Waals surface area contributed by atoms with E-state index in [1.165, 1.54) is 13.2 Å². The summed E-state index contributed by atoms with van der Waals surface area (Å²) in [5, 5.41) is 9.75. The third-order valence-corrected chi connectivity index (χ3v) is 4.39. The predicted octanol–water partition coefficient (Wildman–Crippen LogP) is 2.26. The van der Waals surface area contributed by atoms with Crippen molar-refractivity contribution in [3.63, 3.8) is 0 Å². The number of rotatable bonds is 5. The molecule has 1 aromatic carbocycles. The van der Waals surface area contributed by atoms with E-state index in [2.05, 4.69) is 15.5 Å². The van der Waals surface area contributed by atoms with Gasteiger partial charge in [-0.1, -0.05) is 12.1 Å². The number of carbonyl (C=O) groups excluding carboxylic acids is 1. The number of hydrogen-bond acceptors (Lipinski definition) is 6. The minimum atomic E-state index is -4.50. The molecule has 10 heteroatoms. The summed E-state index contributed by atoms with van der Waals surface area (Å²) in [4.78, 5) is 16.1. The van der Waals surface area contributed by atoms with Crippen LogP contribution in [0.3, 0.4) is 0 Å². The molecule has 0 spiro atoms. The summed E-state index contributed by atoms with van der Waals surface area (Å²) >= 11 is 0. The Kier molecular flexibility index (Phi) is 5.98. The van der Waals surface area contributed by atoms with Gasteiger partial charge in [-0.3, -0.25) is 9.69 Å². The van der Waals surface area contributed by atoms with Crippen LogP contribution in [0.1, 0.15) is 5.69 Å². The number of amides is 1. The number of anilines is 2. The average Bonchev–Trinajstić information content (AvgIpc) is 2.68. The van der Waals surface area contributed by atoms with Gasteiger partial charge in [-0.15, -0.1) is 10.2 Å². The fraction of sp³-hybridized carbons (Fsp3) is 0.389. The third kappa shape index (κ3) is 4.89. The van der Waals surface area contributed by atoms with E-state index in [4.69, 9.17) is 4.74 Å². The van der Waals surface area contributed by atoms with E-state index in [-0.39, 0.29) is 12.5 Å². The summed E-state index contributed by atoms with van der Waals surface area (Å²) in [6.45, 7) is 2.47. The van der Waals surface area contributed by atoms with E-state index < -0.39 is 11.9 Å². The van der Waals surface area contributed by atoms with Gasteiger partial charge in [-0.2, -0.15) is 13.2 Å². The number of carbonyl (C=O) groups is 1. The molecule has 1 N–H and O–H groups in total. The van der Waals surface area contributed by atoms with Crippen molar-refractivity contribution >= 4 is 17.4 Å². The van der Waals surface area contributed by atoms with Crippen LogP contribution in [0.5, 0.6) is 5.75 Å². The van der Waals surface area contributed by atoms with Crippen molar-refractivity contribution in [1.29, 1.82) is 0 Å². The van der Waals surface area contributed by atoms with Crippen molar-refractivity contribution in [3.05, 3.63) is 42.1 Å². The molecule has 1 aliphatic heterocycles. The largest absolute Gasteiger partial charge is 0.495 e. The maximum absolute atomic E-state index is 12.6. The van der Waals surface area contributed by atoms with Crippen LogP contribution >= 0.6 is 0 Å². The summed E-state index contributed by atoms with van der Waals surface area (Å²) in [7, 11) is 1.54. The number of nitrogens with zero attached hydrogens (tertiary/aromatic N) is 4. The molecule has 7 nitrogen and oxygen atoms in total. The number of benzene rings is 1. The van der Waals surface area contributed by atoms with Gasteiger partial charge in [0.1, 0.15) is 5.75 Å². The molecule has 0 unspecified atom stereocenters. The van der Waals surface area contributed by atoms with Gasteiger partial charge in [-0.05, 0) is 24.3 Å². The average molecular weight is 395 g/mol. The first-order chi connectivity index (χ1) is 13.4. The molecule has 2 aromatic rings. The van der Waals surface area contributed by atoms with Crippen molar-refractivity contribution in [1.82, 2.24) is 15.1 Å². The van der Waals surface area contributed by atoms with Gasteiger partial charge >= 0.3 is 6.18 Å². The number of hydrogen-bond donors (Lipinski definition) is 1. The van der Waals surface area contributed by atoms with Gasteiger partial charge < -0.3 is 15.0 Å². The SMILES string of the molecule is COc1ccccc1NC(=O)CN1CCN(c2ccc(C(F)(F)F)nn2)CC1. The fourth-order valence-corrected chi connectivity index (χ4v) is 2.92. The van der Waals surface area contributed by atoms with Crippen LogP contribution in [-0.4, -0.2) is 60.8 Å². The molecule has 1 fully saturated rings. The summed E-state index contributed by atoms with van der Waals surface area (Å²) in [6, 6.07) is 9.40. The Morgan fingerprint density at radius 1 is 1.11 bits per heavy atom. The van der Waals surface area contributed by atoms with Crippen LogP contribution in [0.15, 0.2) is 36.4 Å². The quantitative estimate of drug-likeness (QED) is 0.838.